The molecule has 0 amide bonds. The zero-order valence-electron chi connectivity index (χ0n) is 14.8. The van der Waals surface area contributed by atoms with E-state index in [1.807, 2.05) is 0 Å². The zero-order chi connectivity index (χ0) is 15.9. The number of benzene rings is 1. The lowest BCUT2D eigenvalue weighted by Gasteiger charge is -2.58. The van der Waals surface area contributed by atoms with Crippen LogP contribution >= 0.6 is 0 Å². The summed E-state index contributed by atoms with van der Waals surface area (Å²) in [6, 6.07) is 7.77. The van der Waals surface area contributed by atoms with E-state index in [1.54, 1.807) is 11.1 Å². The Hall–Kier alpha value is -1.02. The topological polar surface area (TPSA) is 12.5 Å². The SMILES string of the molecule is CCCCOc1ccc2c(c1)C13CCCCC1C(C2)N(C)CC3. The molecule has 0 N–H and O–H groups in total. The van der Waals surface area contributed by atoms with Crippen LogP contribution in [0.2, 0.25) is 0 Å². The van der Waals surface area contributed by atoms with Gasteiger partial charge in [-0.2, -0.15) is 0 Å². The van der Waals surface area contributed by atoms with E-state index in [0.29, 0.717) is 5.41 Å². The molecule has 1 saturated carbocycles. The fourth-order valence-electron chi connectivity index (χ4n) is 5.60. The molecule has 126 valence electrons. The highest BCUT2D eigenvalue weighted by molar-refractivity contribution is 5.45. The zero-order valence-corrected chi connectivity index (χ0v) is 14.8. The van der Waals surface area contributed by atoms with Crippen molar-refractivity contribution in [2.24, 2.45) is 5.92 Å². The Kier molecular flexibility index (Phi) is 4.13. The Morgan fingerprint density at radius 3 is 3.04 bits per heavy atom. The van der Waals surface area contributed by atoms with Crippen molar-refractivity contribution in [2.45, 2.75) is 69.7 Å². The lowest BCUT2D eigenvalue weighted by Crippen LogP contribution is -2.59. The molecule has 0 radical (unpaired) electrons. The Balaban J connectivity index is 1.70. The Labute approximate surface area is 141 Å². The Morgan fingerprint density at radius 2 is 2.17 bits per heavy atom. The minimum absolute atomic E-state index is 0.452. The number of nitrogens with zero attached hydrogens (tertiary/aromatic N) is 1. The van der Waals surface area contributed by atoms with Gasteiger partial charge in [0.05, 0.1) is 6.61 Å². The molecule has 1 aliphatic heterocycles. The predicted octanol–water partition coefficient (Wildman–Crippen LogP) is 4.55. The summed E-state index contributed by atoms with van der Waals surface area (Å²) in [5.41, 5.74) is 3.70. The van der Waals surface area contributed by atoms with E-state index in [9.17, 15) is 0 Å². The molecular formula is C21H31NO. The second-order valence-corrected chi connectivity index (χ2v) is 8.03. The van der Waals surface area contributed by atoms with Crippen LogP contribution in [0.15, 0.2) is 18.2 Å². The fraction of sp³-hybridized carbons (Fsp3) is 0.714. The minimum atomic E-state index is 0.452. The molecule has 3 atom stereocenters. The van der Waals surface area contributed by atoms with Crippen molar-refractivity contribution in [3.63, 3.8) is 0 Å². The van der Waals surface area contributed by atoms with Crippen LogP contribution in [-0.2, 0) is 11.8 Å². The standard InChI is InChI=1S/C21H31NO/c1-3-4-13-23-17-9-8-16-14-20-18-7-5-6-10-21(18,19(16)15-17)11-12-22(20)2/h8-9,15,18,20H,3-7,10-14H2,1-2H3. The number of fused-ring (bicyclic) bond motifs is 1. The number of likely N-dealkylation sites (tertiary alicyclic amines) is 1. The molecule has 2 fully saturated rings. The van der Waals surface area contributed by atoms with Crippen LogP contribution in [0.5, 0.6) is 5.75 Å². The third kappa shape index (κ3) is 2.50. The molecule has 3 unspecified atom stereocenters. The van der Waals surface area contributed by atoms with E-state index in [1.165, 1.54) is 51.5 Å². The summed E-state index contributed by atoms with van der Waals surface area (Å²) in [6.45, 7) is 4.35. The molecule has 4 rings (SSSR count). The molecule has 0 spiro atoms. The first-order chi connectivity index (χ1) is 11.2. The molecular weight excluding hydrogens is 282 g/mol. The highest BCUT2D eigenvalue weighted by Gasteiger charge is 2.53. The minimum Gasteiger partial charge on any atom is -0.494 e. The number of rotatable bonds is 4. The van der Waals surface area contributed by atoms with Crippen LogP contribution in [0, 0.1) is 5.92 Å². The smallest absolute Gasteiger partial charge is 0.119 e. The number of unbranched alkanes of at least 4 members (excludes halogenated alkanes) is 1. The summed E-state index contributed by atoms with van der Waals surface area (Å²) >= 11 is 0. The molecule has 23 heavy (non-hydrogen) atoms. The van der Waals surface area contributed by atoms with Gasteiger partial charge in [-0.3, -0.25) is 0 Å². The summed E-state index contributed by atoms with van der Waals surface area (Å²) in [5.74, 6) is 1.97. The van der Waals surface area contributed by atoms with E-state index >= 15 is 0 Å². The van der Waals surface area contributed by atoms with E-state index in [4.69, 9.17) is 4.74 Å². The highest BCUT2D eigenvalue weighted by Crippen LogP contribution is 2.55. The quantitative estimate of drug-likeness (QED) is 0.756. The van der Waals surface area contributed by atoms with Gasteiger partial charge in [-0.25, -0.2) is 0 Å². The van der Waals surface area contributed by atoms with Gasteiger partial charge >= 0.3 is 0 Å². The number of likely N-dealkylation sites (N-methyl/N-ethyl adjacent to an activating group) is 1. The Bertz CT molecular complexity index is 569. The highest BCUT2D eigenvalue weighted by atomic mass is 16.5. The van der Waals surface area contributed by atoms with Gasteiger partial charge in [-0.05, 0) is 74.9 Å². The number of hydrogen-bond acceptors (Lipinski definition) is 2. The van der Waals surface area contributed by atoms with E-state index < -0.39 is 0 Å². The molecule has 1 aromatic rings. The third-order valence-corrected chi connectivity index (χ3v) is 6.85. The van der Waals surface area contributed by atoms with Gasteiger partial charge in [-0.1, -0.05) is 32.3 Å². The first-order valence-electron chi connectivity index (χ1n) is 9.71. The van der Waals surface area contributed by atoms with Crippen LogP contribution in [-0.4, -0.2) is 31.1 Å². The fourth-order valence-corrected chi connectivity index (χ4v) is 5.60. The van der Waals surface area contributed by atoms with Crippen LogP contribution < -0.4 is 4.74 Å². The first kappa shape index (κ1) is 15.5. The third-order valence-electron chi connectivity index (χ3n) is 6.85. The number of hydrogen-bond donors (Lipinski definition) is 0. The molecule has 1 aromatic carbocycles. The maximum atomic E-state index is 6.04. The summed E-state index contributed by atoms with van der Waals surface area (Å²) < 4.78 is 6.04. The monoisotopic (exact) mass is 313 g/mol. The van der Waals surface area contributed by atoms with E-state index in [-0.39, 0.29) is 0 Å². The van der Waals surface area contributed by atoms with Gasteiger partial charge in [0.1, 0.15) is 5.75 Å². The van der Waals surface area contributed by atoms with Crippen LogP contribution in [0.3, 0.4) is 0 Å². The number of piperidine rings is 1. The molecule has 0 aromatic heterocycles. The first-order valence-corrected chi connectivity index (χ1v) is 9.71. The maximum Gasteiger partial charge on any atom is 0.119 e. The summed E-state index contributed by atoms with van der Waals surface area (Å²) in [6.07, 6.45) is 10.6. The molecule has 2 bridgehead atoms. The largest absolute Gasteiger partial charge is 0.494 e. The normalized spacial score (nSPS) is 33.0. The summed E-state index contributed by atoms with van der Waals surface area (Å²) in [5, 5.41) is 0. The second kappa shape index (κ2) is 6.12. The second-order valence-electron chi connectivity index (χ2n) is 8.03. The van der Waals surface area contributed by atoms with Crippen LogP contribution in [0.1, 0.15) is 63.0 Å². The average molecular weight is 313 g/mol. The van der Waals surface area contributed by atoms with Crippen molar-refractivity contribution in [1.29, 1.82) is 0 Å². The molecule has 3 aliphatic rings. The van der Waals surface area contributed by atoms with Gasteiger partial charge in [0.15, 0.2) is 0 Å². The molecule has 1 heterocycles. The predicted molar refractivity (Wildman–Crippen MR) is 95.2 cm³/mol. The van der Waals surface area contributed by atoms with Crippen molar-refractivity contribution < 1.29 is 4.74 Å². The summed E-state index contributed by atoms with van der Waals surface area (Å²) in [4.78, 5) is 2.64. The van der Waals surface area contributed by atoms with Gasteiger partial charge in [-0.15, -0.1) is 0 Å². The van der Waals surface area contributed by atoms with Crippen LogP contribution in [0.25, 0.3) is 0 Å². The average Bonchev–Trinajstić information content (AvgIpc) is 2.59. The van der Waals surface area contributed by atoms with E-state index in [2.05, 4.69) is 37.1 Å². The van der Waals surface area contributed by atoms with Crippen molar-refractivity contribution in [1.82, 2.24) is 4.90 Å². The van der Waals surface area contributed by atoms with Gasteiger partial charge in [0, 0.05) is 11.5 Å². The molecule has 2 heteroatoms. The molecule has 2 aliphatic carbocycles. The molecule has 2 nitrogen and oxygen atoms in total. The van der Waals surface area contributed by atoms with Gasteiger partial charge in [0.2, 0.25) is 0 Å². The van der Waals surface area contributed by atoms with Crippen molar-refractivity contribution in [3.05, 3.63) is 29.3 Å². The Morgan fingerprint density at radius 1 is 1.26 bits per heavy atom. The van der Waals surface area contributed by atoms with E-state index in [0.717, 1.165) is 30.7 Å². The van der Waals surface area contributed by atoms with Crippen molar-refractivity contribution in [2.75, 3.05) is 20.2 Å². The van der Waals surface area contributed by atoms with Gasteiger partial charge in [0.25, 0.3) is 0 Å². The van der Waals surface area contributed by atoms with Gasteiger partial charge < -0.3 is 9.64 Å². The number of ether oxygens (including phenoxy) is 1. The maximum absolute atomic E-state index is 6.04. The molecule has 1 saturated heterocycles. The van der Waals surface area contributed by atoms with Crippen molar-refractivity contribution >= 4 is 0 Å². The summed E-state index contributed by atoms with van der Waals surface area (Å²) in [7, 11) is 2.34. The lowest BCUT2D eigenvalue weighted by molar-refractivity contribution is 0.00270. The van der Waals surface area contributed by atoms with Crippen molar-refractivity contribution in [3.8, 4) is 5.75 Å². The van der Waals surface area contributed by atoms with Crippen LogP contribution in [0.4, 0.5) is 0 Å². The lowest BCUT2D eigenvalue weighted by atomic mass is 9.52.